The number of methoxy groups -OCH3 is 1. The number of nitriles is 1. The minimum atomic E-state index is -0.952. The third-order valence-electron chi connectivity index (χ3n) is 4.90. The van der Waals surface area contributed by atoms with Gasteiger partial charge in [0.25, 0.3) is 0 Å². The Morgan fingerprint density at radius 1 is 1.06 bits per heavy atom. The fourth-order valence-electron chi connectivity index (χ4n) is 3.46. The van der Waals surface area contributed by atoms with Gasteiger partial charge in [0.1, 0.15) is 28.7 Å². The molecule has 2 heterocycles. The van der Waals surface area contributed by atoms with Crippen LogP contribution in [0.25, 0.3) is 28.2 Å². The number of aromatic nitrogens is 4. The molecule has 36 heavy (non-hydrogen) atoms. The molecule has 0 N–H and O–H groups in total. The number of hydrogen-bond donors (Lipinski definition) is 0. The molecule has 0 unspecified atom stereocenters. The first-order valence-corrected chi connectivity index (χ1v) is 11.2. The Balaban J connectivity index is 1.94. The van der Waals surface area contributed by atoms with E-state index in [9.17, 15) is 10.1 Å². The highest BCUT2D eigenvalue weighted by Crippen LogP contribution is 2.33. The summed E-state index contributed by atoms with van der Waals surface area (Å²) in [5.41, 5.74) is 0.828. The van der Waals surface area contributed by atoms with Crippen molar-refractivity contribution in [1.29, 1.82) is 5.26 Å². The van der Waals surface area contributed by atoms with Gasteiger partial charge in [0, 0.05) is 5.56 Å². The zero-order chi connectivity index (χ0) is 25.9. The van der Waals surface area contributed by atoms with E-state index in [1.54, 1.807) is 69.3 Å². The number of hydrogen-bond acceptors (Lipinski definition) is 9. The van der Waals surface area contributed by atoms with Crippen molar-refractivity contribution >= 4 is 17.3 Å². The molecule has 2 aromatic heterocycles. The van der Waals surface area contributed by atoms with Crippen molar-refractivity contribution in [2.45, 2.75) is 33.3 Å². The Morgan fingerprint density at radius 2 is 1.78 bits per heavy atom. The van der Waals surface area contributed by atoms with Crippen LogP contribution in [0.1, 0.15) is 33.4 Å². The van der Waals surface area contributed by atoms with Gasteiger partial charge in [0.15, 0.2) is 17.2 Å². The van der Waals surface area contributed by atoms with Crippen LogP contribution in [0.15, 0.2) is 48.5 Å². The second kappa shape index (κ2) is 9.92. The van der Waals surface area contributed by atoms with Gasteiger partial charge in [-0.3, -0.25) is 0 Å². The normalized spacial score (nSPS) is 11.1. The maximum atomic E-state index is 12.5. The summed E-state index contributed by atoms with van der Waals surface area (Å²) < 4.78 is 23.3. The summed E-state index contributed by atoms with van der Waals surface area (Å²) >= 11 is 0. The predicted octanol–water partition coefficient (Wildman–Crippen LogP) is 5.08. The van der Waals surface area contributed by atoms with Crippen LogP contribution in [-0.4, -0.2) is 45.0 Å². The van der Waals surface area contributed by atoms with Gasteiger partial charge in [-0.05, 0) is 64.1 Å². The van der Waals surface area contributed by atoms with Crippen molar-refractivity contribution in [3.63, 3.8) is 0 Å². The maximum Gasteiger partial charge on any atom is 0.516 e. The third-order valence-corrected chi connectivity index (χ3v) is 4.90. The van der Waals surface area contributed by atoms with Crippen LogP contribution in [0.2, 0.25) is 0 Å². The molecule has 0 amide bonds. The van der Waals surface area contributed by atoms with Crippen molar-refractivity contribution in [3.05, 3.63) is 54.2 Å². The van der Waals surface area contributed by atoms with Crippen LogP contribution >= 0.6 is 0 Å². The first kappa shape index (κ1) is 24.5. The molecule has 0 atom stereocenters. The number of nitrogens with zero attached hydrogens (tertiary/aromatic N) is 5. The van der Waals surface area contributed by atoms with E-state index in [1.807, 2.05) is 6.92 Å². The van der Waals surface area contributed by atoms with Gasteiger partial charge in [-0.1, -0.05) is 12.1 Å². The quantitative estimate of drug-likeness (QED) is 0.343. The van der Waals surface area contributed by atoms with Gasteiger partial charge in [-0.15, -0.1) is 0 Å². The number of imidazole rings is 1. The fraction of sp³-hybridized carbons (Fsp3) is 0.269. The van der Waals surface area contributed by atoms with Crippen LogP contribution in [0.3, 0.4) is 0 Å². The molecular weight excluding hydrogens is 462 g/mol. The van der Waals surface area contributed by atoms with E-state index in [4.69, 9.17) is 23.9 Å². The molecule has 0 radical (unpaired) electrons. The molecule has 4 rings (SSSR count). The standard InChI is InChI=1S/C26H25N5O5/c1-6-34-17-13-11-16(12-14-17)22-28-18(15-27)21-23(30-22)31(19-9-7-8-10-20(19)33-5)24(29-21)35-25(32)36-26(2,3)4/h7-14H,6H2,1-5H3. The zero-order valence-corrected chi connectivity index (χ0v) is 20.6. The SMILES string of the molecule is CCOc1ccc(-c2nc(C#N)c3nc(OC(=O)OC(C)(C)C)n(-c4ccccc4OC)c3n2)cc1. The zero-order valence-electron chi connectivity index (χ0n) is 20.6. The molecule has 0 aliphatic heterocycles. The van der Waals surface area contributed by atoms with Gasteiger partial charge in [-0.25, -0.2) is 19.3 Å². The topological polar surface area (TPSA) is 121 Å². The number of para-hydroxylation sites is 2. The van der Waals surface area contributed by atoms with Gasteiger partial charge in [-0.2, -0.15) is 10.2 Å². The molecule has 2 aromatic carbocycles. The van der Waals surface area contributed by atoms with Crippen molar-refractivity contribution in [2.24, 2.45) is 0 Å². The lowest BCUT2D eigenvalue weighted by Gasteiger charge is -2.18. The molecular formula is C26H25N5O5. The average Bonchev–Trinajstić information content (AvgIpc) is 3.20. The Bertz CT molecular complexity index is 1450. The van der Waals surface area contributed by atoms with Crippen LogP contribution in [0.4, 0.5) is 4.79 Å². The largest absolute Gasteiger partial charge is 0.516 e. The van der Waals surface area contributed by atoms with E-state index in [0.717, 1.165) is 0 Å². The fourth-order valence-corrected chi connectivity index (χ4v) is 3.46. The number of carbonyl (C=O) groups excluding carboxylic acids is 1. The van der Waals surface area contributed by atoms with E-state index < -0.39 is 11.8 Å². The first-order valence-electron chi connectivity index (χ1n) is 11.2. The second-order valence-electron chi connectivity index (χ2n) is 8.61. The van der Waals surface area contributed by atoms with Crippen molar-refractivity contribution in [1.82, 2.24) is 19.5 Å². The molecule has 0 saturated heterocycles. The Labute approximate surface area is 208 Å². The summed E-state index contributed by atoms with van der Waals surface area (Å²) in [5, 5.41) is 9.86. The van der Waals surface area contributed by atoms with Gasteiger partial charge in [0.05, 0.1) is 19.4 Å². The van der Waals surface area contributed by atoms with Crippen LogP contribution < -0.4 is 14.2 Å². The molecule has 0 saturated carbocycles. The number of carbonyl (C=O) groups is 1. The van der Waals surface area contributed by atoms with E-state index in [-0.39, 0.29) is 22.9 Å². The minimum Gasteiger partial charge on any atom is -0.495 e. The van der Waals surface area contributed by atoms with Crippen LogP contribution in [0, 0.1) is 11.3 Å². The summed E-state index contributed by atoms with van der Waals surface area (Å²) in [5.74, 6) is 1.47. The molecule has 0 aliphatic carbocycles. The average molecular weight is 488 g/mol. The third kappa shape index (κ3) is 5.05. The number of fused-ring (bicyclic) bond motifs is 1. The summed E-state index contributed by atoms with van der Waals surface area (Å²) in [6.07, 6.45) is -0.952. The van der Waals surface area contributed by atoms with Gasteiger partial charge >= 0.3 is 12.2 Å². The smallest absolute Gasteiger partial charge is 0.495 e. The number of rotatable bonds is 6. The molecule has 10 nitrogen and oxygen atoms in total. The molecule has 0 aliphatic rings. The molecule has 0 fully saturated rings. The number of benzene rings is 2. The Morgan fingerprint density at radius 3 is 2.42 bits per heavy atom. The van der Waals surface area contributed by atoms with E-state index in [1.165, 1.54) is 11.7 Å². The highest BCUT2D eigenvalue weighted by Gasteiger charge is 2.26. The van der Waals surface area contributed by atoms with Gasteiger partial charge < -0.3 is 18.9 Å². The Kier molecular flexibility index (Phi) is 6.74. The predicted molar refractivity (Wildman–Crippen MR) is 131 cm³/mol. The molecule has 4 aromatic rings. The lowest BCUT2D eigenvalue weighted by molar-refractivity contribution is 0.0185. The summed E-state index contributed by atoms with van der Waals surface area (Å²) in [6.45, 7) is 7.61. The molecule has 184 valence electrons. The van der Waals surface area contributed by atoms with Crippen molar-refractivity contribution < 1.29 is 23.7 Å². The maximum absolute atomic E-state index is 12.5. The second-order valence-corrected chi connectivity index (χ2v) is 8.61. The summed E-state index contributed by atoms with van der Waals surface area (Å²) in [7, 11) is 1.52. The lowest BCUT2D eigenvalue weighted by Crippen LogP contribution is -2.26. The van der Waals surface area contributed by atoms with Crippen LogP contribution in [-0.2, 0) is 4.74 Å². The first-order chi connectivity index (χ1) is 17.2. The summed E-state index contributed by atoms with van der Waals surface area (Å²) in [6, 6.07) is 16.2. The van der Waals surface area contributed by atoms with Crippen LogP contribution in [0.5, 0.6) is 17.5 Å². The highest BCUT2D eigenvalue weighted by molar-refractivity contribution is 5.83. The van der Waals surface area contributed by atoms with Crippen molar-refractivity contribution in [2.75, 3.05) is 13.7 Å². The molecule has 0 bridgehead atoms. The number of ether oxygens (including phenoxy) is 4. The monoisotopic (exact) mass is 487 g/mol. The highest BCUT2D eigenvalue weighted by atomic mass is 16.7. The van der Waals surface area contributed by atoms with Gasteiger partial charge in [0.2, 0.25) is 0 Å². The molecule has 0 spiro atoms. The minimum absolute atomic E-state index is 0.0200. The molecule has 10 heteroatoms. The van der Waals surface area contributed by atoms with E-state index >= 15 is 0 Å². The van der Waals surface area contributed by atoms with E-state index in [0.29, 0.717) is 35.2 Å². The van der Waals surface area contributed by atoms with Crippen molar-refractivity contribution in [3.8, 4) is 40.7 Å². The lowest BCUT2D eigenvalue weighted by atomic mass is 10.2. The van der Waals surface area contributed by atoms with E-state index in [2.05, 4.69) is 16.0 Å². The summed E-state index contributed by atoms with van der Waals surface area (Å²) in [4.78, 5) is 26.0. The Hall–Kier alpha value is -4.65.